The maximum atomic E-state index is 13.1. The molecule has 6 heteroatoms. The molecule has 0 unspecified atom stereocenters. The Labute approximate surface area is 144 Å². The molecule has 1 aromatic heterocycles. The molecule has 0 fully saturated rings. The van der Waals surface area contributed by atoms with Gasteiger partial charge in [-0.15, -0.1) is 0 Å². The molecule has 0 saturated heterocycles. The number of hydrogen-bond donors (Lipinski definition) is 1. The first kappa shape index (κ1) is 16.7. The minimum absolute atomic E-state index is 0.256. The molecule has 0 aliphatic carbocycles. The average molecular weight is 340 g/mol. The maximum Gasteiger partial charge on any atom is 0.357 e. The number of benzene rings is 2. The zero-order valence-corrected chi connectivity index (χ0v) is 13.9. The molecule has 0 spiro atoms. The second kappa shape index (κ2) is 7.17. The number of aromatic nitrogens is 2. The summed E-state index contributed by atoms with van der Waals surface area (Å²) in [6, 6.07) is 13.1. The highest BCUT2D eigenvalue weighted by Crippen LogP contribution is 2.28. The molecule has 0 radical (unpaired) electrons. The van der Waals surface area contributed by atoms with Crippen molar-refractivity contribution in [1.82, 2.24) is 9.97 Å². The van der Waals surface area contributed by atoms with E-state index in [-0.39, 0.29) is 18.1 Å². The van der Waals surface area contributed by atoms with Gasteiger partial charge in [-0.05, 0) is 55.5 Å². The van der Waals surface area contributed by atoms with E-state index in [0.29, 0.717) is 22.8 Å². The number of methoxy groups -OCH3 is 1. The Hall–Kier alpha value is -3.15. The molecule has 128 valence electrons. The average Bonchev–Trinajstić information content (AvgIpc) is 3.08. The first-order valence-corrected chi connectivity index (χ1v) is 7.80. The summed E-state index contributed by atoms with van der Waals surface area (Å²) >= 11 is 0. The van der Waals surface area contributed by atoms with Crippen molar-refractivity contribution in [2.75, 3.05) is 13.7 Å². The summed E-state index contributed by atoms with van der Waals surface area (Å²) in [6.45, 7) is 1.99. The predicted octanol–water partition coefficient (Wildman–Crippen LogP) is 4.07. The third kappa shape index (κ3) is 3.52. The van der Waals surface area contributed by atoms with Crippen LogP contribution < -0.4 is 4.74 Å². The van der Waals surface area contributed by atoms with Crippen LogP contribution >= 0.6 is 0 Å². The van der Waals surface area contributed by atoms with E-state index in [1.165, 1.54) is 12.1 Å². The van der Waals surface area contributed by atoms with Gasteiger partial charge < -0.3 is 14.5 Å². The largest absolute Gasteiger partial charge is 0.497 e. The summed E-state index contributed by atoms with van der Waals surface area (Å²) in [6.07, 6.45) is 0. The standard InChI is InChI=1S/C19H17FN2O3/c1-3-25-19(23)17-16(12-6-10-15(24-2)11-7-12)21-18(22-17)13-4-8-14(20)9-5-13/h4-11H,3H2,1-2H3,(H,21,22). The molecular formula is C19H17FN2O3. The lowest BCUT2D eigenvalue weighted by Gasteiger charge is -2.04. The number of nitrogens with zero attached hydrogens (tertiary/aromatic N) is 1. The molecule has 3 rings (SSSR count). The highest BCUT2D eigenvalue weighted by atomic mass is 19.1. The Balaban J connectivity index is 2.07. The normalized spacial score (nSPS) is 10.5. The van der Waals surface area contributed by atoms with Crippen molar-refractivity contribution >= 4 is 5.97 Å². The molecule has 2 aromatic carbocycles. The summed E-state index contributed by atoms with van der Waals surface area (Å²) in [5.74, 6) is 0.343. The minimum atomic E-state index is -0.492. The summed E-state index contributed by atoms with van der Waals surface area (Å²) in [7, 11) is 1.58. The van der Waals surface area contributed by atoms with Crippen molar-refractivity contribution < 1.29 is 18.7 Å². The van der Waals surface area contributed by atoms with Gasteiger partial charge in [-0.2, -0.15) is 0 Å². The van der Waals surface area contributed by atoms with Gasteiger partial charge in [0.05, 0.1) is 13.7 Å². The number of esters is 1. The SMILES string of the molecule is CCOC(=O)c1[nH]c(-c2ccc(F)cc2)nc1-c1ccc(OC)cc1. The Kier molecular flexibility index (Phi) is 4.79. The van der Waals surface area contributed by atoms with E-state index >= 15 is 0 Å². The number of aromatic amines is 1. The fourth-order valence-corrected chi connectivity index (χ4v) is 2.43. The lowest BCUT2D eigenvalue weighted by atomic mass is 10.1. The number of rotatable bonds is 5. The second-order valence-electron chi connectivity index (χ2n) is 5.26. The summed E-state index contributed by atoms with van der Waals surface area (Å²) in [5, 5.41) is 0. The van der Waals surface area contributed by atoms with Crippen LogP contribution in [0.2, 0.25) is 0 Å². The van der Waals surface area contributed by atoms with Gasteiger partial charge in [-0.1, -0.05) is 0 Å². The summed E-state index contributed by atoms with van der Waals surface area (Å²) < 4.78 is 23.4. The van der Waals surface area contributed by atoms with Gasteiger partial charge >= 0.3 is 5.97 Å². The fraction of sp³-hybridized carbons (Fsp3) is 0.158. The number of halogens is 1. The van der Waals surface area contributed by atoms with Crippen molar-refractivity contribution in [3.63, 3.8) is 0 Å². The molecular weight excluding hydrogens is 323 g/mol. The Morgan fingerprint density at radius 3 is 2.32 bits per heavy atom. The first-order valence-electron chi connectivity index (χ1n) is 7.80. The third-order valence-electron chi connectivity index (χ3n) is 3.66. The Bertz CT molecular complexity index is 871. The molecule has 0 atom stereocenters. The molecule has 0 amide bonds. The number of H-pyrrole nitrogens is 1. The molecule has 0 bridgehead atoms. The molecule has 0 saturated carbocycles. The van der Waals surface area contributed by atoms with Crippen molar-refractivity contribution in [3.05, 3.63) is 60.0 Å². The Morgan fingerprint density at radius 2 is 1.72 bits per heavy atom. The van der Waals surface area contributed by atoms with Crippen LogP contribution in [-0.4, -0.2) is 29.7 Å². The number of hydrogen-bond acceptors (Lipinski definition) is 4. The highest BCUT2D eigenvalue weighted by Gasteiger charge is 2.20. The molecule has 0 aliphatic rings. The van der Waals surface area contributed by atoms with Crippen molar-refractivity contribution in [1.29, 1.82) is 0 Å². The van der Waals surface area contributed by atoms with Crippen molar-refractivity contribution in [2.45, 2.75) is 6.92 Å². The summed E-state index contributed by atoms with van der Waals surface area (Å²) in [5.41, 5.74) is 2.15. The maximum absolute atomic E-state index is 13.1. The van der Waals surface area contributed by atoms with Crippen molar-refractivity contribution in [3.8, 4) is 28.4 Å². The summed E-state index contributed by atoms with van der Waals surface area (Å²) in [4.78, 5) is 19.8. The topological polar surface area (TPSA) is 64.2 Å². The van der Waals surface area contributed by atoms with E-state index in [4.69, 9.17) is 9.47 Å². The van der Waals surface area contributed by atoms with Crippen LogP contribution in [0.15, 0.2) is 48.5 Å². The third-order valence-corrected chi connectivity index (χ3v) is 3.66. The van der Waals surface area contributed by atoms with Gasteiger partial charge in [0.1, 0.15) is 23.1 Å². The second-order valence-corrected chi connectivity index (χ2v) is 5.26. The van der Waals surface area contributed by atoms with Gasteiger partial charge in [0.25, 0.3) is 0 Å². The smallest absolute Gasteiger partial charge is 0.357 e. The lowest BCUT2D eigenvalue weighted by Crippen LogP contribution is -2.06. The molecule has 25 heavy (non-hydrogen) atoms. The van der Waals surface area contributed by atoms with E-state index < -0.39 is 5.97 Å². The van der Waals surface area contributed by atoms with Gasteiger partial charge in [0.2, 0.25) is 0 Å². The van der Waals surface area contributed by atoms with E-state index in [1.807, 2.05) is 12.1 Å². The highest BCUT2D eigenvalue weighted by molar-refractivity contribution is 5.95. The van der Waals surface area contributed by atoms with E-state index in [2.05, 4.69) is 9.97 Å². The first-order chi connectivity index (χ1) is 12.1. The van der Waals surface area contributed by atoms with Gasteiger partial charge in [-0.3, -0.25) is 0 Å². The Morgan fingerprint density at radius 1 is 1.08 bits per heavy atom. The van der Waals surface area contributed by atoms with Gasteiger partial charge in [0, 0.05) is 11.1 Å². The van der Waals surface area contributed by atoms with Crippen LogP contribution in [0.1, 0.15) is 17.4 Å². The number of ether oxygens (including phenoxy) is 2. The van der Waals surface area contributed by atoms with E-state index in [0.717, 1.165) is 5.56 Å². The number of carbonyl (C=O) groups is 1. The lowest BCUT2D eigenvalue weighted by molar-refractivity contribution is 0.0521. The van der Waals surface area contributed by atoms with Crippen LogP contribution in [0.4, 0.5) is 4.39 Å². The minimum Gasteiger partial charge on any atom is -0.497 e. The zero-order chi connectivity index (χ0) is 17.8. The van der Waals surface area contributed by atoms with Gasteiger partial charge in [-0.25, -0.2) is 14.2 Å². The molecule has 0 aliphatic heterocycles. The van der Waals surface area contributed by atoms with E-state index in [1.54, 1.807) is 38.3 Å². The molecule has 3 aromatic rings. The van der Waals surface area contributed by atoms with Gasteiger partial charge in [0.15, 0.2) is 5.69 Å². The van der Waals surface area contributed by atoms with Crippen LogP contribution in [0.3, 0.4) is 0 Å². The monoisotopic (exact) mass is 340 g/mol. The van der Waals surface area contributed by atoms with Crippen LogP contribution in [0.25, 0.3) is 22.6 Å². The van der Waals surface area contributed by atoms with E-state index in [9.17, 15) is 9.18 Å². The number of imidazole rings is 1. The van der Waals surface area contributed by atoms with Crippen molar-refractivity contribution in [2.24, 2.45) is 0 Å². The molecule has 5 nitrogen and oxygen atoms in total. The molecule has 1 heterocycles. The number of carbonyl (C=O) groups excluding carboxylic acids is 1. The van der Waals surface area contributed by atoms with Crippen LogP contribution in [0.5, 0.6) is 5.75 Å². The van der Waals surface area contributed by atoms with Crippen LogP contribution in [-0.2, 0) is 4.74 Å². The predicted molar refractivity (Wildman–Crippen MR) is 91.9 cm³/mol. The number of nitrogens with one attached hydrogen (secondary N) is 1. The fourth-order valence-electron chi connectivity index (χ4n) is 2.43. The zero-order valence-electron chi connectivity index (χ0n) is 13.9. The van der Waals surface area contributed by atoms with Crippen LogP contribution in [0, 0.1) is 5.82 Å². The quantitative estimate of drug-likeness (QED) is 0.711. The molecule has 1 N–H and O–H groups in total.